The van der Waals surface area contributed by atoms with Crippen LogP contribution >= 0.6 is 0 Å². The molecule has 0 N–H and O–H groups in total. The summed E-state index contributed by atoms with van der Waals surface area (Å²) < 4.78 is 5.32. The first-order valence-corrected chi connectivity index (χ1v) is 14.0. The van der Waals surface area contributed by atoms with Crippen LogP contribution in [0, 0.1) is 0 Å². The molecule has 0 heterocycles. The maximum atomic E-state index is 11.6. The van der Waals surface area contributed by atoms with Crippen LogP contribution < -0.4 is 0 Å². The fourth-order valence-corrected chi connectivity index (χ4v) is 4.13. The molecular formula is C28H56O2. The molecule has 0 bridgehead atoms. The van der Waals surface area contributed by atoms with Gasteiger partial charge in [-0.05, 0) is 12.8 Å². The quantitative estimate of drug-likeness (QED) is 0.108. The van der Waals surface area contributed by atoms with Gasteiger partial charge >= 0.3 is 5.97 Å². The summed E-state index contributed by atoms with van der Waals surface area (Å²) in [6.07, 6.45) is 31.7. The minimum absolute atomic E-state index is 0.00788. The summed E-state index contributed by atoms with van der Waals surface area (Å²) in [7, 11) is 0. The van der Waals surface area contributed by atoms with Gasteiger partial charge in [0.15, 0.2) is 0 Å². The molecule has 0 unspecified atom stereocenters. The van der Waals surface area contributed by atoms with Gasteiger partial charge in [0.25, 0.3) is 0 Å². The Morgan fingerprint density at radius 2 is 0.733 bits per heavy atom. The first-order chi connectivity index (χ1) is 14.8. The van der Waals surface area contributed by atoms with E-state index in [1.807, 2.05) is 0 Å². The van der Waals surface area contributed by atoms with Crippen molar-refractivity contribution in [2.24, 2.45) is 0 Å². The molecule has 180 valence electrons. The van der Waals surface area contributed by atoms with Gasteiger partial charge in [0.05, 0.1) is 6.61 Å². The number of carbonyl (C=O) groups excluding carboxylic acids is 1. The van der Waals surface area contributed by atoms with E-state index >= 15 is 0 Å². The van der Waals surface area contributed by atoms with E-state index in [0.717, 1.165) is 19.3 Å². The first-order valence-electron chi connectivity index (χ1n) is 14.0. The monoisotopic (exact) mass is 424 g/mol. The molecule has 0 spiro atoms. The van der Waals surface area contributed by atoms with E-state index in [4.69, 9.17) is 4.74 Å². The summed E-state index contributed by atoms with van der Waals surface area (Å²) in [6.45, 7) is 5.11. The van der Waals surface area contributed by atoms with Gasteiger partial charge in [-0.2, -0.15) is 0 Å². The van der Waals surface area contributed by atoms with Gasteiger partial charge in [0.1, 0.15) is 0 Å². The molecule has 0 aliphatic rings. The first kappa shape index (κ1) is 29.5. The van der Waals surface area contributed by atoms with Gasteiger partial charge in [-0.3, -0.25) is 4.79 Å². The van der Waals surface area contributed by atoms with E-state index in [1.165, 1.54) is 128 Å². The van der Waals surface area contributed by atoms with Crippen molar-refractivity contribution in [3.8, 4) is 0 Å². The van der Waals surface area contributed by atoms with Crippen LogP contribution in [0.1, 0.15) is 168 Å². The fourth-order valence-electron chi connectivity index (χ4n) is 4.13. The Kier molecular flexibility index (Phi) is 26.0. The summed E-state index contributed by atoms with van der Waals surface area (Å²) in [4.78, 5) is 11.6. The molecule has 0 aliphatic heterocycles. The van der Waals surface area contributed by atoms with Crippen LogP contribution in [0.15, 0.2) is 0 Å². The highest BCUT2D eigenvalue weighted by Crippen LogP contribution is 2.14. The van der Waals surface area contributed by atoms with Gasteiger partial charge < -0.3 is 4.74 Å². The molecule has 2 nitrogen and oxygen atoms in total. The Balaban J connectivity index is 3.07. The average Bonchev–Trinajstić information content (AvgIpc) is 2.75. The molecule has 30 heavy (non-hydrogen) atoms. The Labute approximate surface area is 190 Å². The van der Waals surface area contributed by atoms with Crippen molar-refractivity contribution < 1.29 is 9.53 Å². The summed E-state index contributed by atoms with van der Waals surface area (Å²) in [5, 5.41) is 0. The lowest BCUT2D eigenvalue weighted by molar-refractivity contribution is -0.143. The standard InChI is InChI=1S/C28H56O2/c1-3-5-7-9-10-11-12-13-14-15-16-17-18-19-20-21-22-23-25-27-30-28(29)26-24-8-6-4-2/h3-27H2,1-2H3. The van der Waals surface area contributed by atoms with E-state index in [2.05, 4.69) is 13.8 Å². The molecule has 0 aromatic carbocycles. The molecular weight excluding hydrogens is 368 g/mol. The van der Waals surface area contributed by atoms with E-state index in [9.17, 15) is 4.79 Å². The fraction of sp³-hybridized carbons (Fsp3) is 0.964. The topological polar surface area (TPSA) is 26.3 Å². The predicted molar refractivity (Wildman–Crippen MR) is 133 cm³/mol. The molecule has 0 aromatic heterocycles. The second kappa shape index (κ2) is 26.5. The number of hydrogen-bond donors (Lipinski definition) is 0. The summed E-state index contributed by atoms with van der Waals surface area (Å²) in [5.41, 5.74) is 0. The van der Waals surface area contributed by atoms with Gasteiger partial charge in [0.2, 0.25) is 0 Å². The number of ether oxygens (including phenoxy) is 1. The second-order valence-electron chi connectivity index (χ2n) is 9.40. The normalized spacial score (nSPS) is 11.1. The van der Waals surface area contributed by atoms with Crippen molar-refractivity contribution in [2.45, 2.75) is 168 Å². The zero-order valence-electron chi connectivity index (χ0n) is 21.0. The van der Waals surface area contributed by atoms with Crippen LogP contribution in [-0.2, 0) is 9.53 Å². The van der Waals surface area contributed by atoms with E-state index < -0.39 is 0 Å². The Morgan fingerprint density at radius 1 is 0.433 bits per heavy atom. The maximum Gasteiger partial charge on any atom is 0.305 e. The average molecular weight is 425 g/mol. The molecule has 0 amide bonds. The van der Waals surface area contributed by atoms with Crippen molar-refractivity contribution in [2.75, 3.05) is 6.61 Å². The number of rotatable bonds is 25. The minimum atomic E-state index is 0.00788. The van der Waals surface area contributed by atoms with Gasteiger partial charge in [0, 0.05) is 6.42 Å². The summed E-state index contributed by atoms with van der Waals surface area (Å²) >= 11 is 0. The Bertz CT molecular complexity index is 327. The van der Waals surface area contributed by atoms with E-state index in [-0.39, 0.29) is 5.97 Å². The van der Waals surface area contributed by atoms with Crippen LogP contribution in [0.25, 0.3) is 0 Å². The minimum Gasteiger partial charge on any atom is -0.466 e. The number of carbonyl (C=O) groups is 1. The molecule has 0 aliphatic carbocycles. The number of unbranched alkanes of at least 4 members (excludes halogenated alkanes) is 21. The number of hydrogen-bond acceptors (Lipinski definition) is 2. The van der Waals surface area contributed by atoms with Crippen molar-refractivity contribution >= 4 is 5.97 Å². The molecule has 0 fully saturated rings. The second-order valence-corrected chi connectivity index (χ2v) is 9.40. The third-order valence-corrected chi connectivity index (χ3v) is 6.25. The highest BCUT2D eigenvalue weighted by atomic mass is 16.5. The van der Waals surface area contributed by atoms with Crippen LogP contribution in [-0.4, -0.2) is 12.6 Å². The smallest absolute Gasteiger partial charge is 0.305 e. The third kappa shape index (κ3) is 25.5. The lowest BCUT2D eigenvalue weighted by Crippen LogP contribution is -2.05. The van der Waals surface area contributed by atoms with Crippen molar-refractivity contribution in [3.05, 3.63) is 0 Å². The van der Waals surface area contributed by atoms with Gasteiger partial charge in [-0.15, -0.1) is 0 Å². The van der Waals surface area contributed by atoms with Gasteiger partial charge in [-0.25, -0.2) is 0 Å². The third-order valence-electron chi connectivity index (χ3n) is 6.25. The summed E-state index contributed by atoms with van der Waals surface area (Å²) in [6, 6.07) is 0. The Morgan fingerprint density at radius 3 is 1.10 bits per heavy atom. The highest BCUT2D eigenvalue weighted by molar-refractivity contribution is 5.69. The van der Waals surface area contributed by atoms with Crippen molar-refractivity contribution in [1.29, 1.82) is 0 Å². The zero-order chi connectivity index (χ0) is 22.0. The maximum absolute atomic E-state index is 11.6. The van der Waals surface area contributed by atoms with Crippen LogP contribution in [0.4, 0.5) is 0 Å². The summed E-state index contributed by atoms with van der Waals surface area (Å²) in [5.74, 6) is 0.00788. The van der Waals surface area contributed by atoms with Crippen LogP contribution in [0.3, 0.4) is 0 Å². The molecule has 2 heteroatoms. The lowest BCUT2D eigenvalue weighted by Gasteiger charge is -2.05. The van der Waals surface area contributed by atoms with Crippen LogP contribution in [0.5, 0.6) is 0 Å². The van der Waals surface area contributed by atoms with Crippen LogP contribution in [0.2, 0.25) is 0 Å². The zero-order valence-corrected chi connectivity index (χ0v) is 21.0. The van der Waals surface area contributed by atoms with E-state index in [1.54, 1.807) is 0 Å². The van der Waals surface area contributed by atoms with E-state index in [0.29, 0.717) is 13.0 Å². The van der Waals surface area contributed by atoms with Gasteiger partial charge in [-0.1, -0.05) is 149 Å². The SMILES string of the molecule is CCCCCCCCCCCCCCCCCCCCCOC(=O)CCCCCC. The highest BCUT2D eigenvalue weighted by Gasteiger charge is 2.02. The van der Waals surface area contributed by atoms with Crippen molar-refractivity contribution in [1.82, 2.24) is 0 Å². The molecule has 0 rings (SSSR count). The molecule has 0 atom stereocenters. The Hall–Kier alpha value is -0.530. The molecule has 0 saturated heterocycles. The predicted octanol–water partition coefficient (Wildman–Crippen LogP) is 9.93. The number of esters is 1. The molecule has 0 aromatic rings. The van der Waals surface area contributed by atoms with Crippen molar-refractivity contribution in [3.63, 3.8) is 0 Å². The molecule has 0 saturated carbocycles. The largest absolute Gasteiger partial charge is 0.466 e. The molecule has 0 radical (unpaired) electrons. The lowest BCUT2D eigenvalue weighted by atomic mass is 10.0.